The molecule has 0 saturated heterocycles. The summed E-state index contributed by atoms with van der Waals surface area (Å²) in [5.74, 6) is 0.181. The monoisotopic (exact) mass is 392 g/mol. The number of aromatic amines is 1. The minimum absolute atomic E-state index is 0.0281. The highest BCUT2D eigenvalue weighted by Gasteiger charge is 2.13. The number of methoxy groups -OCH3 is 1. The van der Waals surface area contributed by atoms with E-state index in [1.54, 1.807) is 31.4 Å². The normalized spacial score (nSPS) is 10.8. The molecule has 0 bridgehead atoms. The van der Waals surface area contributed by atoms with Crippen LogP contribution in [0.2, 0.25) is 0 Å². The quantitative estimate of drug-likeness (QED) is 0.519. The number of nitrogens with one attached hydrogen (secondary N) is 1. The van der Waals surface area contributed by atoms with E-state index in [2.05, 4.69) is 9.97 Å². The number of esters is 1. The third-order valence-electron chi connectivity index (χ3n) is 4.20. The van der Waals surface area contributed by atoms with Gasteiger partial charge < -0.3 is 14.5 Å². The molecule has 0 radical (unpaired) electrons. The molecule has 6 nitrogen and oxygen atoms in total. The second-order valence-electron chi connectivity index (χ2n) is 6.04. The standard InChI is InChI=1S/C21H16N2O4S/c1-26-15-8-6-13(7-9-15)20-22-14(12-28-20)11-27-21(25)18-10-19(24)16-4-2-3-5-17(16)23-18/h2-10,12H,11H2,1H3,(H,23,24). The molecule has 0 amide bonds. The summed E-state index contributed by atoms with van der Waals surface area (Å²) in [6.07, 6.45) is 0. The number of carbonyl (C=O) groups is 1. The molecule has 28 heavy (non-hydrogen) atoms. The second-order valence-corrected chi connectivity index (χ2v) is 6.90. The Bertz CT molecular complexity index is 1190. The van der Waals surface area contributed by atoms with E-state index in [9.17, 15) is 9.59 Å². The second kappa shape index (κ2) is 7.66. The molecule has 0 atom stereocenters. The third-order valence-corrected chi connectivity index (χ3v) is 5.14. The predicted octanol–water partition coefficient (Wildman–Crippen LogP) is 4.02. The Balaban J connectivity index is 1.46. The molecule has 0 spiro atoms. The van der Waals surface area contributed by atoms with Crippen LogP contribution in [0.4, 0.5) is 0 Å². The number of fused-ring (bicyclic) bond motifs is 1. The molecule has 1 N–H and O–H groups in total. The highest BCUT2D eigenvalue weighted by molar-refractivity contribution is 7.13. The van der Waals surface area contributed by atoms with Crippen LogP contribution in [0.25, 0.3) is 21.5 Å². The van der Waals surface area contributed by atoms with Gasteiger partial charge in [0.25, 0.3) is 0 Å². The molecule has 4 rings (SSSR count). The van der Waals surface area contributed by atoms with Crippen molar-refractivity contribution < 1.29 is 14.3 Å². The van der Waals surface area contributed by atoms with E-state index in [1.807, 2.05) is 29.6 Å². The van der Waals surface area contributed by atoms with Crippen LogP contribution in [0.15, 0.2) is 64.8 Å². The first-order valence-electron chi connectivity index (χ1n) is 8.52. The molecule has 4 aromatic rings. The molecule has 2 heterocycles. The smallest absolute Gasteiger partial charge is 0.355 e. The average Bonchev–Trinajstić information content (AvgIpc) is 3.21. The van der Waals surface area contributed by atoms with Gasteiger partial charge in [0.15, 0.2) is 5.43 Å². The van der Waals surface area contributed by atoms with E-state index in [1.165, 1.54) is 17.4 Å². The average molecular weight is 392 g/mol. The van der Waals surface area contributed by atoms with Gasteiger partial charge in [-0.15, -0.1) is 11.3 Å². The summed E-state index contributed by atoms with van der Waals surface area (Å²) >= 11 is 1.47. The maximum absolute atomic E-state index is 12.3. The summed E-state index contributed by atoms with van der Waals surface area (Å²) < 4.78 is 10.5. The number of pyridine rings is 1. The number of benzene rings is 2. The highest BCUT2D eigenvalue weighted by atomic mass is 32.1. The Kier molecular flexibility index (Phi) is 4.90. The topological polar surface area (TPSA) is 81.3 Å². The zero-order valence-electron chi connectivity index (χ0n) is 15.0. The van der Waals surface area contributed by atoms with Crippen molar-refractivity contribution in [3.8, 4) is 16.3 Å². The number of para-hydroxylation sites is 1. The fourth-order valence-corrected chi connectivity index (χ4v) is 3.57. The highest BCUT2D eigenvalue weighted by Crippen LogP contribution is 2.26. The maximum Gasteiger partial charge on any atom is 0.355 e. The summed E-state index contributed by atoms with van der Waals surface area (Å²) in [7, 11) is 1.62. The number of hydrogen-bond donors (Lipinski definition) is 1. The molecule has 2 aromatic heterocycles. The van der Waals surface area contributed by atoms with Gasteiger partial charge in [0.1, 0.15) is 23.1 Å². The van der Waals surface area contributed by atoms with Crippen molar-refractivity contribution >= 4 is 28.2 Å². The number of ether oxygens (including phenoxy) is 2. The van der Waals surface area contributed by atoms with E-state index in [-0.39, 0.29) is 17.7 Å². The number of carbonyl (C=O) groups excluding carboxylic acids is 1. The molecule has 0 unspecified atom stereocenters. The summed E-state index contributed by atoms with van der Waals surface area (Å²) in [6, 6.07) is 15.9. The molecular formula is C21H16N2O4S. The lowest BCUT2D eigenvalue weighted by molar-refractivity contribution is 0.0462. The minimum Gasteiger partial charge on any atom is -0.497 e. The third kappa shape index (κ3) is 3.65. The van der Waals surface area contributed by atoms with E-state index in [0.717, 1.165) is 16.3 Å². The van der Waals surface area contributed by atoms with Gasteiger partial charge >= 0.3 is 5.97 Å². The molecule has 7 heteroatoms. The summed E-state index contributed by atoms with van der Waals surface area (Å²) in [4.78, 5) is 31.9. The molecule has 2 aromatic carbocycles. The molecule has 0 aliphatic rings. The Hall–Kier alpha value is -3.45. The fourth-order valence-electron chi connectivity index (χ4n) is 2.76. The van der Waals surface area contributed by atoms with Crippen LogP contribution >= 0.6 is 11.3 Å². The molecule has 140 valence electrons. The van der Waals surface area contributed by atoms with E-state index >= 15 is 0 Å². The Morgan fingerprint density at radius 2 is 1.93 bits per heavy atom. The summed E-state index contributed by atoms with van der Waals surface area (Å²) in [5, 5.41) is 3.20. The van der Waals surface area contributed by atoms with Crippen molar-refractivity contribution in [3.05, 3.63) is 81.6 Å². The van der Waals surface area contributed by atoms with Crippen LogP contribution in [-0.2, 0) is 11.3 Å². The molecular weight excluding hydrogens is 376 g/mol. The number of H-pyrrole nitrogens is 1. The van der Waals surface area contributed by atoms with E-state index < -0.39 is 5.97 Å². The van der Waals surface area contributed by atoms with Gasteiger partial charge in [0.05, 0.1) is 12.8 Å². The van der Waals surface area contributed by atoms with Crippen LogP contribution in [0.3, 0.4) is 0 Å². The minimum atomic E-state index is -0.596. The van der Waals surface area contributed by atoms with Crippen molar-refractivity contribution in [2.45, 2.75) is 6.61 Å². The van der Waals surface area contributed by atoms with Crippen LogP contribution in [-0.4, -0.2) is 23.0 Å². The number of aromatic nitrogens is 2. The van der Waals surface area contributed by atoms with Crippen molar-refractivity contribution in [2.24, 2.45) is 0 Å². The van der Waals surface area contributed by atoms with Gasteiger partial charge in [-0.3, -0.25) is 4.79 Å². The summed E-state index contributed by atoms with van der Waals surface area (Å²) in [5.41, 5.74) is 2.10. The van der Waals surface area contributed by atoms with Gasteiger partial charge in [0, 0.05) is 27.9 Å². The van der Waals surface area contributed by atoms with E-state index in [4.69, 9.17) is 9.47 Å². The molecule has 0 saturated carbocycles. The number of nitrogens with zero attached hydrogens (tertiary/aromatic N) is 1. The Morgan fingerprint density at radius 3 is 2.71 bits per heavy atom. The lowest BCUT2D eigenvalue weighted by atomic mass is 10.2. The number of rotatable bonds is 5. The van der Waals surface area contributed by atoms with Crippen molar-refractivity contribution in [1.82, 2.24) is 9.97 Å². The van der Waals surface area contributed by atoms with Crippen molar-refractivity contribution in [3.63, 3.8) is 0 Å². The van der Waals surface area contributed by atoms with Crippen molar-refractivity contribution in [2.75, 3.05) is 7.11 Å². The number of hydrogen-bond acceptors (Lipinski definition) is 6. The Morgan fingerprint density at radius 1 is 1.14 bits per heavy atom. The first-order valence-corrected chi connectivity index (χ1v) is 9.40. The van der Waals surface area contributed by atoms with Crippen molar-refractivity contribution in [1.29, 1.82) is 0 Å². The van der Waals surface area contributed by atoms with Gasteiger partial charge in [-0.2, -0.15) is 0 Å². The molecule has 0 fully saturated rings. The first kappa shape index (κ1) is 17.9. The lowest BCUT2D eigenvalue weighted by Crippen LogP contribution is -2.12. The zero-order chi connectivity index (χ0) is 19.5. The van der Waals surface area contributed by atoms with Crippen LogP contribution in [0, 0.1) is 0 Å². The van der Waals surface area contributed by atoms with Gasteiger partial charge in [-0.25, -0.2) is 9.78 Å². The Labute approximate surface area is 164 Å². The van der Waals surface area contributed by atoms with Gasteiger partial charge in [-0.1, -0.05) is 12.1 Å². The van der Waals surface area contributed by atoms with Crippen LogP contribution in [0.1, 0.15) is 16.2 Å². The van der Waals surface area contributed by atoms with Gasteiger partial charge in [0.2, 0.25) is 0 Å². The molecule has 0 aliphatic heterocycles. The fraction of sp³-hybridized carbons (Fsp3) is 0.0952. The maximum atomic E-state index is 12.3. The summed E-state index contributed by atoms with van der Waals surface area (Å²) in [6.45, 7) is 0.0281. The number of thiazole rings is 1. The van der Waals surface area contributed by atoms with Gasteiger partial charge in [-0.05, 0) is 36.4 Å². The van der Waals surface area contributed by atoms with Crippen LogP contribution in [0.5, 0.6) is 5.75 Å². The zero-order valence-corrected chi connectivity index (χ0v) is 15.8. The SMILES string of the molecule is COc1ccc(-c2nc(COC(=O)c3cc(=O)c4ccccc4[nH]3)cs2)cc1. The first-order chi connectivity index (χ1) is 13.6. The molecule has 0 aliphatic carbocycles. The van der Waals surface area contributed by atoms with E-state index in [0.29, 0.717) is 16.6 Å². The lowest BCUT2D eigenvalue weighted by Gasteiger charge is -2.05. The predicted molar refractivity (Wildman–Crippen MR) is 108 cm³/mol. The van der Waals surface area contributed by atoms with Crippen LogP contribution < -0.4 is 10.2 Å². The largest absolute Gasteiger partial charge is 0.497 e.